The molecule has 1 aliphatic rings. The summed E-state index contributed by atoms with van der Waals surface area (Å²) in [7, 11) is 0. The summed E-state index contributed by atoms with van der Waals surface area (Å²) in [5, 5.41) is 5.58. The standard InChI is InChI=1S/C38H32BrFN4O4S/c39-28-8-6-26(7-9-28)35-19-16-32(48-35)24-34(42-37(46)27-4-2-1-3-5-27)38(47)41-30-12-17-33(18-13-30)49-25-36(45)44-22-20-43(21-23-44)31-14-10-29(40)11-15-31/h1-19,24H,20-23,25H2,(H,41,47)(H,42,46)/b34-24-. The molecule has 0 spiro atoms. The fourth-order valence-electron chi connectivity index (χ4n) is 5.22. The van der Waals surface area contributed by atoms with Crippen molar-refractivity contribution in [2.45, 2.75) is 4.90 Å². The summed E-state index contributed by atoms with van der Waals surface area (Å²) in [4.78, 5) is 44.3. The molecule has 6 rings (SSSR count). The highest BCUT2D eigenvalue weighted by Crippen LogP contribution is 2.26. The van der Waals surface area contributed by atoms with Crippen LogP contribution < -0.4 is 15.5 Å². The molecule has 248 valence electrons. The topological polar surface area (TPSA) is 94.9 Å². The van der Waals surface area contributed by atoms with Gasteiger partial charge in [-0.05, 0) is 84.9 Å². The Morgan fingerprint density at radius 3 is 2.20 bits per heavy atom. The first-order valence-corrected chi connectivity index (χ1v) is 17.3. The molecule has 1 saturated heterocycles. The van der Waals surface area contributed by atoms with E-state index in [0.717, 1.165) is 20.6 Å². The summed E-state index contributed by atoms with van der Waals surface area (Å²) < 4.78 is 20.2. The first kappa shape index (κ1) is 33.8. The number of thioether (sulfide) groups is 1. The van der Waals surface area contributed by atoms with Crippen LogP contribution in [0.5, 0.6) is 0 Å². The number of amides is 3. The molecule has 1 aliphatic heterocycles. The van der Waals surface area contributed by atoms with E-state index in [1.165, 1.54) is 30.0 Å². The van der Waals surface area contributed by atoms with Crippen molar-refractivity contribution >= 4 is 62.9 Å². The van der Waals surface area contributed by atoms with Crippen LogP contribution in [0.3, 0.4) is 0 Å². The molecular weight excluding hydrogens is 707 g/mol. The average molecular weight is 740 g/mol. The van der Waals surface area contributed by atoms with Crippen molar-refractivity contribution < 1.29 is 23.2 Å². The number of halogens is 2. The second kappa shape index (κ2) is 15.8. The molecule has 0 aliphatic carbocycles. The third-order valence-electron chi connectivity index (χ3n) is 7.87. The van der Waals surface area contributed by atoms with Gasteiger partial charge in [-0.25, -0.2) is 4.39 Å². The molecule has 4 aromatic carbocycles. The highest BCUT2D eigenvalue weighted by atomic mass is 79.9. The number of carbonyl (C=O) groups excluding carboxylic acids is 3. The summed E-state index contributed by atoms with van der Waals surface area (Å²) in [5.41, 5.74) is 2.75. The van der Waals surface area contributed by atoms with Gasteiger partial charge in [0.2, 0.25) is 5.91 Å². The molecule has 0 atom stereocenters. The van der Waals surface area contributed by atoms with Gasteiger partial charge in [-0.3, -0.25) is 14.4 Å². The third-order valence-corrected chi connectivity index (χ3v) is 9.40. The van der Waals surface area contributed by atoms with Gasteiger partial charge in [0.15, 0.2) is 0 Å². The van der Waals surface area contributed by atoms with E-state index in [1.807, 2.05) is 47.4 Å². The number of piperazine rings is 1. The fraction of sp³-hybridized carbons (Fsp3) is 0.132. The van der Waals surface area contributed by atoms with Crippen LogP contribution in [0.1, 0.15) is 16.1 Å². The van der Waals surface area contributed by atoms with Gasteiger partial charge < -0.3 is 24.9 Å². The number of hydrogen-bond acceptors (Lipinski definition) is 6. The van der Waals surface area contributed by atoms with Gasteiger partial charge in [-0.15, -0.1) is 11.8 Å². The van der Waals surface area contributed by atoms with Crippen LogP contribution in [-0.4, -0.2) is 54.6 Å². The molecule has 8 nitrogen and oxygen atoms in total. The number of carbonyl (C=O) groups is 3. The lowest BCUT2D eigenvalue weighted by atomic mass is 10.2. The number of anilines is 2. The van der Waals surface area contributed by atoms with Crippen molar-refractivity contribution in [2.24, 2.45) is 0 Å². The first-order valence-electron chi connectivity index (χ1n) is 15.6. The Morgan fingerprint density at radius 2 is 1.51 bits per heavy atom. The largest absolute Gasteiger partial charge is 0.457 e. The zero-order valence-electron chi connectivity index (χ0n) is 26.3. The quantitative estimate of drug-likeness (QED) is 0.113. The second-order valence-electron chi connectivity index (χ2n) is 11.2. The van der Waals surface area contributed by atoms with Gasteiger partial charge >= 0.3 is 0 Å². The minimum absolute atomic E-state index is 0.00846. The van der Waals surface area contributed by atoms with Crippen molar-refractivity contribution in [1.29, 1.82) is 0 Å². The Bertz CT molecular complexity index is 1940. The molecule has 11 heteroatoms. The van der Waals surface area contributed by atoms with Crippen LogP contribution in [0.25, 0.3) is 17.4 Å². The number of hydrogen-bond donors (Lipinski definition) is 2. The SMILES string of the molecule is O=C(Nc1ccc(SCC(=O)N2CCN(c3ccc(F)cc3)CC2)cc1)/C(=C/c1ccc(-c2ccc(Br)cc2)o1)NC(=O)c1ccccc1. The number of nitrogens with zero attached hydrogens (tertiary/aromatic N) is 2. The van der Waals surface area contributed by atoms with Crippen molar-refractivity contribution in [2.75, 3.05) is 42.1 Å². The van der Waals surface area contributed by atoms with Crippen LogP contribution in [0.15, 0.2) is 135 Å². The molecule has 3 amide bonds. The molecule has 0 unspecified atom stereocenters. The van der Waals surface area contributed by atoms with E-state index in [1.54, 1.807) is 60.7 Å². The minimum Gasteiger partial charge on any atom is -0.457 e. The van der Waals surface area contributed by atoms with Crippen LogP contribution in [0, 0.1) is 5.82 Å². The van der Waals surface area contributed by atoms with Gasteiger partial charge in [0.1, 0.15) is 23.0 Å². The van der Waals surface area contributed by atoms with Gasteiger partial charge in [0, 0.05) is 64.1 Å². The molecule has 5 aromatic rings. The van der Waals surface area contributed by atoms with E-state index in [4.69, 9.17) is 4.42 Å². The van der Waals surface area contributed by atoms with Gasteiger partial charge in [0.05, 0.1) is 5.75 Å². The summed E-state index contributed by atoms with van der Waals surface area (Å²) in [6.07, 6.45) is 1.49. The zero-order valence-corrected chi connectivity index (χ0v) is 28.7. The second-order valence-corrected chi connectivity index (χ2v) is 13.2. The van der Waals surface area contributed by atoms with Crippen LogP contribution in [0.2, 0.25) is 0 Å². The highest BCUT2D eigenvalue weighted by Gasteiger charge is 2.22. The monoisotopic (exact) mass is 738 g/mol. The molecule has 1 fully saturated rings. The minimum atomic E-state index is -0.527. The summed E-state index contributed by atoms with van der Waals surface area (Å²) >= 11 is 4.85. The van der Waals surface area contributed by atoms with E-state index in [0.29, 0.717) is 49.0 Å². The lowest BCUT2D eigenvalue weighted by Gasteiger charge is -2.36. The lowest BCUT2D eigenvalue weighted by Crippen LogP contribution is -2.49. The zero-order chi connectivity index (χ0) is 34.2. The van der Waals surface area contributed by atoms with E-state index >= 15 is 0 Å². The Labute approximate surface area is 296 Å². The van der Waals surface area contributed by atoms with E-state index in [9.17, 15) is 18.8 Å². The van der Waals surface area contributed by atoms with Crippen LogP contribution in [-0.2, 0) is 9.59 Å². The van der Waals surface area contributed by atoms with Crippen molar-refractivity contribution in [3.05, 3.63) is 143 Å². The van der Waals surface area contributed by atoms with Crippen LogP contribution in [0.4, 0.5) is 15.8 Å². The maximum atomic E-state index is 13.5. The highest BCUT2D eigenvalue weighted by molar-refractivity contribution is 9.10. The molecule has 2 heterocycles. The average Bonchev–Trinajstić information content (AvgIpc) is 3.60. The Hall–Kier alpha value is -5.13. The Morgan fingerprint density at radius 1 is 0.816 bits per heavy atom. The molecule has 49 heavy (non-hydrogen) atoms. The molecular formula is C38H32BrFN4O4S. The first-order chi connectivity index (χ1) is 23.8. The third kappa shape index (κ3) is 9.07. The Kier molecular flexibility index (Phi) is 10.9. The van der Waals surface area contributed by atoms with Gasteiger partial charge in [0.25, 0.3) is 11.8 Å². The number of rotatable bonds is 10. The lowest BCUT2D eigenvalue weighted by molar-refractivity contribution is -0.128. The van der Waals surface area contributed by atoms with E-state index in [-0.39, 0.29) is 23.2 Å². The van der Waals surface area contributed by atoms with Crippen LogP contribution >= 0.6 is 27.7 Å². The normalized spacial score (nSPS) is 13.2. The molecule has 2 N–H and O–H groups in total. The molecule has 1 aromatic heterocycles. The number of nitrogens with one attached hydrogen (secondary N) is 2. The smallest absolute Gasteiger partial charge is 0.272 e. The molecule has 0 radical (unpaired) electrons. The van der Waals surface area contributed by atoms with Crippen molar-refractivity contribution in [3.63, 3.8) is 0 Å². The van der Waals surface area contributed by atoms with E-state index in [2.05, 4.69) is 31.5 Å². The van der Waals surface area contributed by atoms with Gasteiger partial charge in [-0.1, -0.05) is 46.3 Å². The fourth-order valence-corrected chi connectivity index (χ4v) is 6.29. The molecule has 0 saturated carbocycles. The maximum absolute atomic E-state index is 13.5. The van der Waals surface area contributed by atoms with Crippen molar-refractivity contribution in [3.8, 4) is 11.3 Å². The van der Waals surface area contributed by atoms with Crippen molar-refractivity contribution in [1.82, 2.24) is 10.2 Å². The van der Waals surface area contributed by atoms with E-state index < -0.39 is 11.8 Å². The summed E-state index contributed by atoms with van der Waals surface area (Å²) in [5.74, 6) is 0.112. The number of benzene rings is 4. The Balaban J connectivity index is 1.07. The maximum Gasteiger partial charge on any atom is 0.272 e. The predicted octanol–water partition coefficient (Wildman–Crippen LogP) is 7.70. The summed E-state index contributed by atoms with van der Waals surface area (Å²) in [6.45, 7) is 2.57. The summed E-state index contributed by atoms with van der Waals surface area (Å²) in [6, 6.07) is 33.4. The molecule has 0 bridgehead atoms. The van der Waals surface area contributed by atoms with Gasteiger partial charge in [-0.2, -0.15) is 0 Å². The number of furan rings is 1. The predicted molar refractivity (Wildman–Crippen MR) is 195 cm³/mol.